The van der Waals surface area contributed by atoms with Crippen molar-refractivity contribution in [2.75, 3.05) is 0 Å². The van der Waals surface area contributed by atoms with Crippen LogP contribution in [-0.2, 0) is 0 Å². The maximum Gasteiger partial charge on any atom is -0.0261 e. The second-order valence-electron chi connectivity index (χ2n) is 6.43. The van der Waals surface area contributed by atoms with E-state index in [1.807, 2.05) is 0 Å². The van der Waals surface area contributed by atoms with Gasteiger partial charge >= 0.3 is 0 Å². The van der Waals surface area contributed by atoms with Crippen LogP contribution >= 0.6 is 18.5 Å². The molecule has 0 nitrogen and oxygen atoms in total. The van der Waals surface area contributed by atoms with Gasteiger partial charge in [0.25, 0.3) is 0 Å². The highest BCUT2D eigenvalue weighted by Crippen LogP contribution is 2.46. The van der Waals surface area contributed by atoms with Gasteiger partial charge in [-0.2, -0.15) is 0 Å². The van der Waals surface area contributed by atoms with Crippen LogP contribution in [0.1, 0.15) is 52.4 Å². The molecule has 0 amide bonds. The molecule has 2 aliphatic rings. The van der Waals surface area contributed by atoms with Gasteiger partial charge in [0.1, 0.15) is 0 Å². The van der Waals surface area contributed by atoms with E-state index in [1.54, 1.807) is 0 Å². The minimum Gasteiger partial charge on any atom is -0.134 e. The van der Waals surface area contributed by atoms with Gasteiger partial charge in [-0.15, -0.1) is 18.5 Å². The standard InChI is InChI=1S/C14H28P2/c1-9-7-11(15)3-5-13(9)14-6-4-12(16)8-10(14)2/h9-14H,3-8,15-16H2,1-2H3. The largest absolute Gasteiger partial charge is 0.134 e. The number of rotatable bonds is 1. The minimum absolute atomic E-state index is 0.902. The summed E-state index contributed by atoms with van der Waals surface area (Å²) in [7, 11) is 6.09. The van der Waals surface area contributed by atoms with E-state index in [2.05, 4.69) is 32.3 Å². The lowest BCUT2D eigenvalue weighted by molar-refractivity contribution is 0.101. The van der Waals surface area contributed by atoms with Gasteiger partial charge in [0.05, 0.1) is 0 Å². The third-order valence-corrected chi connectivity index (χ3v) is 6.31. The molecule has 0 aromatic carbocycles. The van der Waals surface area contributed by atoms with Crippen molar-refractivity contribution in [1.29, 1.82) is 0 Å². The third kappa shape index (κ3) is 3.00. The molecule has 16 heavy (non-hydrogen) atoms. The highest BCUT2D eigenvalue weighted by molar-refractivity contribution is 7.17. The monoisotopic (exact) mass is 258 g/mol. The molecule has 0 aromatic heterocycles. The maximum atomic E-state index is 3.05. The van der Waals surface area contributed by atoms with Crippen LogP contribution in [0.5, 0.6) is 0 Å². The molecule has 8 atom stereocenters. The number of hydrogen-bond acceptors (Lipinski definition) is 0. The average Bonchev–Trinajstić information content (AvgIpc) is 2.19. The van der Waals surface area contributed by atoms with Crippen LogP contribution in [0.25, 0.3) is 0 Å². The van der Waals surface area contributed by atoms with E-state index in [9.17, 15) is 0 Å². The summed E-state index contributed by atoms with van der Waals surface area (Å²) in [4.78, 5) is 0. The molecule has 2 saturated carbocycles. The molecule has 0 aromatic rings. The molecule has 0 spiro atoms. The van der Waals surface area contributed by atoms with Crippen LogP contribution in [0.3, 0.4) is 0 Å². The summed E-state index contributed by atoms with van der Waals surface area (Å²) in [6.45, 7) is 5.00. The Labute approximate surface area is 106 Å². The van der Waals surface area contributed by atoms with Gasteiger partial charge in [-0.1, -0.05) is 13.8 Å². The Kier molecular flexibility index (Phi) is 4.71. The zero-order valence-corrected chi connectivity index (χ0v) is 13.2. The second kappa shape index (κ2) is 5.67. The lowest BCUT2D eigenvalue weighted by Crippen LogP contribution is -2.35. The zero-order valence-electron chi connectivity index (χ0n) is 10.9. The SMILES string of the molecule is CC1CC(P)CCC1C1CCC(P)CC1C. The number of hydrogen-bond donors (Lipinski definition) is 0. The van der Waals surface area contributed by atoms with Crippen molar-refractivity contribution in [3.8, 4) is 0 Å². The Hall–Kier alpha value is 0.860. The van der Waals surface area contributed by atoms with E-state index in [0.29, 0.717) is 0 Å². The van der Waals surface area contributed by atoms with Crippen LogP contribution in [0, 0.1) is 23.7 Å². The van der Waals surface area contributed by atoms with Crippen LogP contribution in [0.15, 0.2) is 0 Å². The van der Waals surface area contributed by atoms with Crippen molar-refractivity contribution < 1.29 is 0 Å². The molecule has 2 rings (SSSR count). The van der Waals surface area contributed by atoms with Crippen molar-refractivity contribution >= 4 is 18.5 Å². The summed E-state index contributed by atoms with van der Waals surface area (Å²) >= 11 is 0. The molecule has 0 saturated heterocycles. The summed E-state index contributed by atoms with van der Waals surface area (Å²) in [6.07, 6.45) is 8.78. The van der Waals surface area contributed by atoms with Crippen molar-refractivity contribution in [3.63, 3.8) is 0 Å². The first-order valence-electron chi connectivity index (χ1n) is 7.09. The van der Waals surface area contributed by atoms with Gasteiger partial charge in [-0.25, -0.2) is 0 Å². The van der Waals surface area contributed by atoms with Gasteiger partial charge in [0, 0.05) is 0 Å². The van der Waals surface area contributed by atoms with Gasteiger partial charge in [-0.3, -0.25) is 0 Å². The highest BCUT2D eigenvalue weighted by Gasteiger charge is 2.36. The molecular weight excluding hydrogens is 230 g/mol. The zero-order chi connectivity index (χ0) is 11.7. The first-order valence-corrected chi connectivity index (χ1v) is 8.42. The van der Waals surface area contributed by atoms with Crippen molar-refractivity contribution in [2.45, 2.75) is 63.7 Å². The normalized spacial score (nSPS) is 50.2. The van der Waals surface area contributed by atoms with E-state index < -0.39 is 0 Å². The smallest absolute Gasteiger partial charge is 0.0261 e. The van der Waals surface area contributed by atoms with E-state index in [0.717, 1.165) is 35.0 Å². The summed E-state index contributed by atoms with van der Waals surface area (Å²) in [5, 5.41) is 0. The van der Waals surface area contributed by atoms with E-state index >= 15 is 0 Å². The van der Waals surface area contributed by atoms with Gasteiger partial charge in [0.2, 0.25) is 0 Å². The first-order chi connectivity index (χ1) is 7.58. The second-order valence-corrected chi connectivity index (χ2v) is 8.31. The topological polar surface area (TPSA) is 0 Å². The Morgan fingerprint density at radius 3 is 1.38 bits per heavy atom. The Morgan fingerprint density at radius 2 is 1.06 bits per heavy atom. The van der Waals surface area contributed by atoms with E-state index in [1.165, 1.54) is 38.5 Å². The fourth-order valence-electron chi connectivity index (χ4n) is 4.19. The maximum absolute atomic E-state index is 3.05. The van der Waals surface area contributed by atoms with Crippen LogP contribution in [0.4, 0.5) is 0 Å². The molecule has 2 fully saturated rings. The Balaban J connectivity index is 1.96. The lowest BCUT2D eigenvalue weighted by atomic mass is 9.65. The van der Waals surface area contributed by atoms with Crippen LogP contribution < -0.4 is 0 Å². The predicted molar refractivity (Wildman–Crippen MR) is 80.0 cm³/mol. The van der Waals surface area contributed by atoms with Crippen LogP contribution in [-0.4, -0.2) is 11.3 Å². The Morgan fingerprint density at radius 1 is 0.688 bits per heavy atom. The molecule has 0 heterocycles. The van der Waals surface area contributed by atoms with Crippen molar-refractivity contribution in [1.82, 2.24) is 0 Å². The third-order valence-electron chi connectivity index (χ3n) is 5.10. The predicted octanol–water partition coefficient (Wildman–Crippen LogP) is 4.35. The fraction of sp³-hybridized carbons (Fsp3) is 1.00. The Bertz CT molecular complexity index is 205. The summed E-state index contributed by atoms with van der Waals surface area (Å²) < 4.78 is 0. The minimum atomic E-state index is 0.902. The lowest BCUT2D eigenvalue weighted by Gasteiger charge is -2.43. The summed E-state index contributed by atoms with van der Waals surface area (Å²) in [5.41, 5.74) is 1.80. The fourth-order valence-corrected chi connectivity index (χ4v) is 5.44. The van der Waals surface area contributed by atoms with Crippen LogP contribution in [0.2, 0.25) is 0 Å². The van der Waals surface area contributed by atoms with Gasteiger partial charge < -0.3 is 0 Å². The summed E-state index contributed by atoms with van der Waals surface area (Å²) in [6, 6.07) is 0. The average molecular weight is 258 g/mol. The van der Waals surface area contributed by atoms with Gasteiger partial charge in [0.15, 0.2) is 0 Å². The first kappa shape index (κ1) is 13.3. The molecule has 94 valence electrons. The quantitative estimate of drug-likeness (QED) is 0.613. The molecule has 8 unspecified atom stereocenters. The molecule has 0 radical (unpaired) electrons. The van der Waals surface area contributed by atoms with Crippen molar-refractivity contribution in [3.05, 3.63) is 0 Å². The molecule has 2 aliphatic carbocycles. The van der Waals surface area contributed by atoms with E-state index in [4.69, 9.17) is 0 Å². The van der Waals surface area contributed by atoms with Crippen molar-refractivity contribution in [2.24, 2.45) is 23.7 Å². The molecule has 0 N–H and O–H groups in total. The molecular formula is C14H28P2. The van der Waals surface area contributed by atoms with E-state index in [-0.39, 0.29) is 0 Å². The summed E-state index contributed by atoms with van der Waals surface area (Å²) in [5.74, 6) is 3.99. The molecule has 0 bridgehead atoms. The highest BCUT2D eigenvalue weighted by atomic mass is 31.0. The van der Waals surface area contributed by atoms with Gasteiger partial charge in [-0.05, 0) is 73.5 Å². The molecule has 0 aliphatic heterocycles. The molecule has 2 heteroatoms.